The minimum absolute atomic E-state index is 0. The van der Waals surface area contributed by atoms with Crippen molar-refractivity contribution in [2.24, 2.45) is 5.92 Å². The van der Waals surface area contributed by atoms with E-state index in [0.717, 1.165) is 45.7 Å². The molecular weight excluding hydrogens is 297 g/mol. The molecule has 2 aliphatic rings. The van der Waals surface area contributed by atoms with E-state index in [4.69, 9.17) is 0 Å². The molecule has 120 valence electrons. The number of carbonyl (C=O) groups is 1. The van der Waals surface area contributed by atoms with Gasteiger partial charge in [-0.2, -0.15) is 0 Å². The summed E-state index contributed by atoms with van der Waals surface area (Å²) >= 11 is 0. The van der Waals surface area contributed by atoms with Gasteiger partial charge in [0.2, 0.25) is 5.91 Å². The molecule has 2 saturated heterocycles. The molecule has 0 unspecified atom stereocenters. The molecule has 2 heterocycles. The first-order chi connectivity index (χ1) is 8.66. The standard InChI is InChI=1S/C14H27N3O.2ClH/c1-12(2)11-16-7-9-17(10-8-16)14(18)13-5-3-4-6-15-13;;/h12-13,15H,3-11H2,1-2H3;2*1H/t13-;;/m1../s1. The molecule has 0 aromatic heterocycles. The summed E-state index contributed by atoms with van der Waals surface area (Å²) in [6.45, 7) is 10.6. The number of piperidine rings is 1. The Morgan fingerprint density at radius 1 is 1.15 bits per heavy atom. The topological polar surface area (TPSA) is 35.6 Å². The van der Waals surface area contributed by atoms with E-state index in [2.05, 4.69) is 29.0 Å². The molecule has 4 nitrogen and oxygen atoms in total. The molecule has 2 fully saturated rings. The number of halogens is 2. The van der Waals surface area contributed by atoms with Crippen LogP contribution in [0.4, 0.5) is 0 Å². The number of nitrogens with zero attached hydrogens (tertiary/aromatic N) is 2. The van der Waals surface area contributed by atoms with Crippen molar-refractivity contribution in [3.05, 3.63) is 0 Å². The molecule has 1 amide bonds. The second-order valence-electron chi connectivity index (χ2n) is 6.02. The maximum Gasteiger partial charge on any atom is 0.239 e. The summed E-state index contributed by atoms with van der Waals surface area (Å²) in [6, 6.07) is 0.0930. The number of rotatable bonds is 3. The predicted octanol–water partition coefficient (Wildman–Crippen LogP) is 1.77. The van der Waals surface area contributed by atoms with Crippen LogP contribution in [0.15, 0.2) is 0 Å². The Hall–Kier alpha value is -0.0300. The van der Waals surface area contributed by atoms with Crippen molar-refractivity contribution >= 4 is 30.7 Å². The monoisotopic (exact) mass is 325 g/mol. The van der Waals surface area contributed by atoms with E-state index in [9.17, 15) is 4.79 Å². The highest BCUT2D eigenvalue weighted by Crippen LogP contribution is 2.12. The van der Waals surface area contributed by atoms with Crippen LogP contribution in [0, 0.1) is 5.92 Å². The third-order valence-corrected chi connectivity index (χ3v) is 3.92. The van der Waals surface area contributed by atoms with Crippen LogP contribution in [0.2, 0.25) is 0 Å². The Morgan fingerprint density at radius 3 is 2.30 bits per heavy atom. The van der Waals surface area contributed by atoms with E-state index in [1.807, 2.05) is 0 Å². The summed E-state index contributed by atoms with van der Waals surface area (Å²) in [4.78, 5) is 16.9. The van der Waals surface area contributed by atoms with Crippen molar-refractivity contribution in [3.8, 4) is 0 Å². The van der Waals surface area contributed by atoms with Crippen LogP contribution in [0.3, 0.4) is 0 Å². The average Bonchev–Trinajstić information content (AvgIpc) is 2.39. The van der Waals surface area contributed by atoms with Gasteiger partial charge in [0.25, 0.3) is 0 Å². The van der Waals surface area contributed by atoms with Gasteiger partial charge in [0.05, 0.1) is 6.04 Å². The Kier molecular flexibility index (Phi) is 9.81. The maximum atomic E-state index is 12.3. The van der Waals surface area contributed by atoms with Crippen LogP contribution in [-0.2, 0) is 4.79 Å². The van der Waals surface area contributed by atoms with Crippen LogP contribution in [0.5, 0.6) is 0 Å². The van der Waals surface area contributed by atoms with Crippen molar-refractivity contribution < 1.29 is 4.79 Å². The molecule has 1 atom stereocenters. The third-order valence-electron chi connectivity index (χ3n) is 3.92. The zero-order valence-electron chi connectivity index (χ0n) is 12.6. The fourth-order valence-corrected chi connectivity index (χ4v) is 2.95. The number of hydrogen-bond donors (Lipinski definition) is 1. The lowest BCUT2D eigenvalue weighted by Crippen LogP contribution is -2.55. The summed E-state index contributed by atoms with van der Waals surface area (Å²) in [5.74, 6) is 1.05. The average molecular weight is 326 g/mol. The van der Waals surface area contributed by atoms with Crippen LogP contribution in [0.25, 0.3) is 0 Å². The Labute approximate surface area is 135 Å². The van der Waals surface area contributed by atoms with Crippen LogP contribution in [0.1, 0.15) is 33.1 Å². The first-order valence-corrected chi connectivity index (χ1v) is 7.41. The number of nitrogens with one attached hydrogen (secondary N) is 1. The number of carbonyl (C=O) groups excluding carboxylic acids is 1. The van der Waals surface area contributed by atoms with Gasteiger partial charge in [0.1, 0.15) is 0 Å². The van der Waals surface area contributed by atoms with Crippen molar-refractivity contribution in [3.63, 3.8) is 0 Å². The summed E-state index contributed by atoms with van der Waals surface area (Å²) in [5.41, 5.74) is 0. The van der Waals surface area contributed by atoms with Crippen LogP contribution < -0.4 is 5.32 Å². The number of hydrogen-bond acceptors (Lipinski definition) is 3. The van der Waals surface area contributed by atoms with Gasteiger partial charge in [0, 0.05) is 32.7 Å². The quantitative estimate of drug-likeness (QED) is 0.859. The SMILES string of the molecule is CC(C)CN1CCN(C(=O)[C@H]2CCCCN2)CC1.Cl.Cl. The minimum atomic E-state index is 0. The van der Waals surface area contributed by atoms with Gasteiger partial charge in [-0.15, -0.1) is 24.8 Å². The Morgan fingerprint density at radius 2 is 1.80 bits per heavy atom. The summed E-state index contributed by atoms with van der Waals surface area (Å²) in [5, 5.41) is 3.35. The normalized spacial score (nSPS) is 23.9. The summed E-state index contributed by atoms with van der Waals surface area (Å²) in [7, 11) is 0. The molecule has 0 aromatic carbocycles. The lowest BCUT2D eigenvalue weighted by Gasteiger charge is -2.37. The molecule has 2 rings (SSSR count). The van der Waals surface area contributed by atoms with Crippen LogP contribution in [-0.4, -0.2) is 61.0 Å². The van der Waals surface area contributed by atoms with Gasteiger partial charge in [0.15, 0.2) is 0 Å². The molecule has 1 N–H and O–H groups in total. The fraction of sp³-hybridized carbons (Fsp3) is 0.929. The van der Waals surface area contributed by atoms with Crippen molar-refractivity contribution in [1.29, 1.82) is 0 Å². The van der Waals surface area contributed by atoms with E-state index in [1.54, 1.807) is 0 Å². The second-order valence-corrected chi connectivity index (χ2v) is 6.02. The first-order valence-electron chi connectivity index (χ1n) is 7.41. The zero-order chi connectivity index (χ0) is 13.0. The first kappa shape index (κ1) is 20.0. The van der Waals surface area contributed by atoms with Gasteiger partial charge in [-0.05, 0) is 25.3 Å². The molecule has 0 bridgehead atoms. The zero-order valence-corrected chi connectivity index (χ0v) is 14.3. The van der Waals surface area contributed by atoms with Gasteiger partial charge in [-0.1, -0.05) is 20.3 Å². The minimum Gasteiger partial charge on any atom is -0.339 e. The highest BCUT2D eigenvalue weighted by Gasteiger charge is 2.28. The van der Waals surface area contributed by atoms with E-state index in [1.165, 1.54) is 12.8 Å². The van der Waals surface area contributed by atoms with Crippen LogP contribution >= 0.6 is 24.8 Å². The molecule has 20 heavy (non-hydrogen) atoms. The van der Waals surface area contributed by atoms with E-state index >= 15 is 0 Å². The molecule has 0 aliphatic carbocycles. The van der Waals surface area contributed by atoms with Crippen molar-refractivity contribution in [2.75, 3.05) is 39.3 Å². The van der Waals surface area contributed by atoms with Gasteiger partial charge >= 0.3 is 0 Å². The van der Waals surface area contributed by atoms with Gasteiger partial charge in [-0.3, -0.25) is 9.69 Å². The van der Waals surface area contributed by atoms with E-state index < -0.39 is 0 Å². The molecule has 0 radical (unpaired) electrons. The van der Waals surface area contributed by atoms with Gasteiger partial charge in [-0.25, -0.2) is 0 Å². The number of amides is 1. The molecule has 0 spiro atoms. The lowest BCUT2D eigenvalue weighted by molar-refractivity contribution is -0.135. The van der Waals surface area contributed by atoms with E-state index in [0.29, 0.717) is 11.8 Å². The lowest BCUT2D eigenvalue weighted by atomic mass is 10.0. The van der Waals surface area contributed by atoms with E-state index in [-0.39, 0.29) is 30.9 Å². The maximum absolute atomic E-state index is 12.3. The number of piperazine rings is 1. The second kappa shape index (κ2) is 9.82. The van der Waals surface area contributed by atoms with Crippen molar-refractivity contribution in [2.45, 2.75) is 39.2 Å². The largest absolute Gasteiger partial charge is 0.339 e. The fourth-order valence-electron chi connectivity index (χ4n) is 2.95. The van der Waals surface area contributed by atoms with Gasteiger partial charge < -0.3 is 10.2 Å². The highest BCUT2D eigenvalue weighted by atomic mass is 35.5. The smallest absolute Gasteiger partial charge is 0.239 e. The highest BCUT2D eigenvalue weighted by molar-refractivity contribution is 5.85. The molecule has 0 aromatic rings. The molecule has 0 saturated carbocycles. The summed E-state index contributed by atoms with van der Waals surface area (Å²) in [6.07, 6.45) is 3.42. The Balaban J connectivity index is 0.00000180. The predicted molar refractivity (Wildman–Crippen MR) is 88.0 cm³/mol. The third kappa shape index (κ3) is 5.76. The molecule has 2 aliphatic heterocycles. The van der Waals surface area contributed by atoms with Crippen molar-refractivity contribution in [1.82, 2.24) is 15.1 Å². The summed E-state index contributed by atoms with van der Waals surface area (Å²) < 4.78 is 0. The molecular formula is C14H29Cl2N3O. The molecule has 6 heteroatoms. The Bertz CT molecular complexity index is 276.